The molecule has 0 fully saturated rings. The lowest BCUT2D eigenvalue weighted by Gasteiger charge is -2.11. The maximum atomic E-state index is 12.2. The van der Waals surface area contributed by atoms with Crippen LogP contribution >= 0.6 is 0 Å². The van der Waals surface area contributed by atoms with Gasteiger partial charge in [-0.25, -0.2) is 0 Å². The van der Waals surface area contributed by atoms with Crippen LogP contribution in [0.2, 0.25) is 0 Å². The summed E-state index contributed by atoms with van der Waals surface area (Å²) in [5, 5.41) is 5.34. The highest BCUT2D eigenvalue weighted by Gasteiger charge is 2.13. The van der Waals surface area contributed by atoms with Crippen LogP contribution in [0.15, 0.2) is 47.9 Å². The van der Waals surface area contributed by atoms with Gasteiger partial charge < -0.3 is 15.0 Å². The highest BCUT2D eigenvalue weighted by Crippen LogP contribution is 2.24. The summed E-state index contributed by atoms with van der Waals surface area (Å²) in [6, 6.07) is 8.42. The number of oxime groups is 1. The molecule has 0 aliphatic carbocycles. The number of nitrogens with one attached hydrogen (secondary N) is 1. The summed E-state index contributed by atoms with van der Waals surface area (Å²) in [5.74, 6) is -0.488. The fourth-order valence-electron chi connectivity index (χ4n) is 1.85. The van der Waals surface area contributed by atoms with E-state index in [-0.39, 0.29) is 5.56 Å². The van der Waals surface area contributed by atoms with Gasteiger partial charge in [-0.15, -0.1) is 0 Å². The molecule has 0 bridgehead atoms. The van der Waals surface area contributed by atoms with Gasteiger partial charge in [0.1, 0.15) is 5.75 Å². The Balaban J connectivity index is 2.23. The highest BCUT2D eigenvalue weighted by atomic mass is 32.2. The van der Waals surface area contributed by atoms with Crippen molar-refractivity contribution in [2.75, 3.05) is 13.4 Å². The minimum absolute atomic E-state index is 0.275. The number of carbonyl (C=O) groups excluding carboxylic acids is 1. The molecule has 0 spiro atoms. The van der Waals surface area contributed by atoms with Crippen molar-refractivity contribution in [3.05, 3.63) is 48.3 Å². The Morgan fingerprint density at radius 1 is 1.29 bits per heavy atom. The molecule has 1 amide bonds. The fraction of sp³-hybridized carbons (Fsp3) is 0.143. The van der Waals surface area contributed by atoms with Crippen molar-refractivity contribution in [2.45, 2.75) is 0 Å². The summed E-state index contributed by atoms with van der Waals surface area (Å²) in [4.78, 5) is 12.2. The van der Waals surface area contributed by atoms with Gasteiger partial charge in [-0.1, -0.05) is 0 Å². The topological polar surface area (TPSA) is 125 Å². The van der Waals surface area contributed by atoms with Gasteiger partial charge in [-0.3, -0.25) is 14.4 Å². The second kappa shape index (κ2) is 7.04. The molecule has 1 aromatic carbocycles. The third kappa shape index (κ3) is 4.49. The van der Waals surface area contributed by atoms with Gasteiger partial charge in [0.05, 0.1) is 19.1 Å². The zero-order valence-corrected chi connectivity index (χ0v) is 13.8. The van der Waals surface area contributed by atoms with E-state index in [0.29, 0.717) is 11.4 Å². The van der Waals surface area contributed by atoms with Gasteiger partial charge in [-0.2, -0.15) is 8.42 Å². The number of guanidine groups is 1. The second-order valence-electron chi connectivity index (χ2n) is 4.69. The van der Waals surface area contributed by atoms with E-state index in [2.05, 4.69) is 14.8 Å². The van der Waals surface area contributed by atoms with E-state index in [1.807, 2.05) is 12.1 Å². The van der Waals surface area contributed by atoms with Crippen LogP contribution in [-0.4, -0.2) is 38.2 Å². The SMILES string of the molecule is COc1ccc(C(=O)NC(N)=NOS(C)(=O)=O)cc1-n1cccc1. The van der Waals surface area contributed by atoms with Crippen molar-refractivity contribution in [2.24, 2.45) is 10.9 Å². The van der Waals surface area contributed by atoms with Gasteiger partial charge in [0, 0.05) is 18.0 Å². The van der Waals surface area contributed by atoms with Crippen LogP contribution in [0.25, 0.3) is 5.69 Å². The summed E-state index contributed by atoms with van der Waals surface area (Å²) in [7, 11) is -2.28. The lowest BCUT2D eigenvalue weighted by atomic mass is 10.1. The van der Waals surface area contributed by atoms with Crippen LogP contribution in [0.4, 0.5) is 0 Å². The molecule has 2 aromatic rings. The van der Waals surface area contributed by atoms with E-state index in [1.54, 1.807) is 29.1 Å². The van der Waals surface area contributed by atoms with E-state index in [4.69, 9.17) is 10.5 Å². The van der Waals surface area contributed by atoms with Crippen LogP contribution in [0.1, 0.15) is 10.4 Å². The molecular formula is C14H16N4O5S. The van der Waals surface area contributed by atoms with E-state index in [9.17, 15) is 13.2 Å². The monoisotopic (exact) mass is 352 g/mol. The second-order valence-corrected chi connectivity index (χ2v) is 6.24. The Bertz CT molecular complexity index is 859. The van der Waals surface area contributed by atoms with E-state index >= 15 is 0 Å². The van der Waals surface area contributed by atoms with Crippen molar-refractivity contribution < 1.29 is 22.2 Å². The highest BCUT2D eigenvalue weighted by molar-refractivity contribution is 7.85. The van der Waals surface area contributed by atoms with Crippen LogP contribution in [0.3, 0.4) is 0 Å². The molecule has 0 atom stereocenters. The minimum Gasteiger partial charge on any atom is -0.495 e. The first kappa shape index (κ1) is 17.3. The molecule has 0 unspecified atom stereocenters. The number of carbonyl (C=O) groups is 1. The molecule has 0 aliphatic heterocycles. The van der Waals surface area contributed by atoms with Crippen molar-refractivity contribution in [3.63, 3.8) is 0 Å². The molecule has 0 saturated carbocycles. The van der Waals surface area contributed by atoms with Crippen LogP contribution in [0.5, 0.6) is 5.75 Å². The summed E-state index contributed by atoms with van der Waals surface area (Å²) in [5.41, 5.74) is 6.33. The van der Waals surface area contributed by atoms with E-state index in [1.165, 1.54) is 13.2 Å². The molecule has 9 nitrogen and oxygen atoms in total. The van der Waals surface area contributed by atoms with Crippen molar-refractivity contribution >= 4 is 22.0 Å². The Kier molecular flexibility index (Phi) is 5.09. The van der Waals surface area contributed by atoms with Gasteiger partial charge in [0.25, 0.3) is 5.91 Å². The maximum Gasteiger partial charge on any atom is 0.325 e. The summed E-state index contributed by atoms with van der Waals surface area (Å²) in [6.07, 6.45) is 4.41. The molecule has 2 rings (SSSR count). The van der Waals surface area contributed by atoms with Crippen molar-refractivity contribution in [3.8, 4) is 11.4 Å². The number of nitrogens with zero attached hydrogens (tertiary/aromatic N) is 2. The average molecular weight is 352 g/mol. The molecule has 3 N–H and O–H groups in total. The van der Waals surface area contributed by atoms with E-state index < -0.39 is 22.0 Å². The van der Waals surface area contributed by atoms with E-state index in [0.717, 1.165) is 6.26 Å². The molecule has 0 radical (unpaired) electrons. The van der Waals surface area contributed by atoms with Crippen molar-refractivity contribution in [1.82, 2.24) is 9.88 Å². The lowest BCUT2D eigenvalue weighted by Crippen LogP contribution is -2.37. The zero-order chi connectivity index (χ0) is 17.7. The number of ether oxygens (including phenoxy) is 1. The number of rotatable bonds is 5. The third-order valence-corrected chi connectivity index (χ3v) is 3.18. The average Bonchev–Trinajstić information content (AvgIpc) is 3.06. The molecule has 0 saturated heterocycles. The fourth-order valence-corrected chi connectivity index (χ4v) is 2.06. The Hall–Kier alpha value is -3.01. The smallest absolute Gasteiger partial charge is 0.325 e. The van der Waals surface area contributed by atoms with Crippen LogP contribution in [-0.2, 0) is 14.4 Å². The summed E-state index contributed by atoms with van der Waals surface area (Å²) < 4.78 is 32.8. The Morgan fingerprint density at radius 3 is 2.54 bits per heavy atom. The molecule has 1 aromatic heterocycles. The predicted molar refractivity (Wildman–Crippen MR) is 87.3 cm³/mol. The Morgan fingerprint density at radius 2 is 1.96 bits per heavy atom. The lowest BCUT2D eigenvalue weighted by molar-refractivity contribution is 0.0975. The maximum absolute atomic E-state index is 12.2. The predicted octanol–water partition coefficient (Wildman–Crippen LogP) is 0.422. The number of benzene rings is 1. The molecule has 10 heteroatoms. The number of amides is 1. The molecule has 1 heterocycles. The van der Waals surface area contributed by atoms with Gasteiger partial charge >= 0.3 is 10.1 Å². The van der Waals surface area contributed by atoms with Gasteiger partial charge in [-0.05, 0) is 35.5 Å². The summed E-state index contributed by atoms with van der Waals surface area (Å²) >= 11 is 0. The number of nitrogens with two attached hydrogens (primary N) is 1. The minimum atomic E-state index is -3.80. The molecule has 0 aliphatic rings. The first-order valence-corrected chi connectivity index (χ1v) is 8.46. The standard InChI is InChI=1S/C14H16N4O5S/c1-22-12-6-5-10(9-11(12)18-7-3-4-8-18)13(19)16-14(15)17-23-24(2,20)21/h3-9H,1-2H3,(H3,15,16,17,19). The quantitative estimate of drug-likeness (QED) is 0.456. The normalized spacial score (nSPS) is 11.8. The van der Waals surface area contributed by atoms with Gasteiger partial charge in [0.15, 0.2) is 0 Å². The molecular weight excluding hydrogens is 336 g/mol. The number of hydrogen-bond donors (Lipinski definition) is 2. The molecule has 128 valence electrons. The largest absolute Gasteiger partial charge is 0.495 e. The summed E-state index contributed by atoms with van der Waals surface area (Å²) in [6.45, 7) is 0. The first-order chi connectivity index (χ1) is 11.3. The Labute approximate surface area is 138 Å². The van der Waals surface area contributed by atoms with Crippen LogP contribution in [0, 0.1) is 0 Å². The zero-order valence-electron chi connectivity index (χ0n) is 13.0. The van der Waals surface area contributed by atoms with Crippen LogP contribution < -0.4 is 15.8 Å². The number of methoxy groups -OCH3 is 1. The first-order valence-electron chi connectivity index (χ1n) is 6.65. The molecule has 24 heavy (non-hydrogen) atoms. The van der Waals surface area contributed by atoms with Crippen molar-refractivity contribution in [1.29, 1.82) is 0 Å². The van der Waals surface area contributed by atoms with Gasteiger partial charge in [0.2, 0.25) is 5.96 Å². The number of aromatic nitrogens is 1. The third-order valence-electron chi connectivity index (χ3n) is 2.84. The number of hydrogen-bond acceptors (Lipinski definition) is 6.